The Morgan fingerprint density at radius 3 is 2.16 bits per heavy atom. The first-order chi connectivity index (χ1) is 8.97. The third-order valence-electron chi connectivity index (χ3n) is 3.53. The number of hydrogen-bond donors (Lipinski definition) is 1. The van der Waals surface area contributed by atoms with Crippen LogP contribution in [0.25, 0.3) is 0 Å². The van der Waals surface area contributed by atoms with Gasteiger partial charge in [-0.1, -0.05) is 58.9 Å². The van der Waals surface area contributed by atoms with Gasteiger partial charge in [0.25, 0.3) is 0 Å². The molecular weight excluding hydrogens is 232 g/mol. The summed E-state index contributed by atoms with van der Waals surface area (Å²) in [5.74, 6) is 0. The monoisotopic (exact) mass is 262 g/mol. The van der Waals surface area contributed by atoms with E-state index in [-0.39, 0.29) is 5.41 Å². The summed E-state index contributed by atoms with van der Waals surface area (Å²) in [4.78, 5) is 2.48. The minimum atomic E-state index is 0.244. The van der Waals surface area contributed by atoms with Crippen molar-refractivity contribution in [3.63, 3.8) is 0 Å². The van der Waals surface area contributed by atoms with E-state index in [0.29, 0.717) is 0 Å². The highest BCUT2D eigenvalue weighted by atomic mass is 15.1. The second-order valence-electron chi connectivity index (χ2n) is 6.17. The summed E-state index contributed by atoms with van der Waals surface area (Å²) in [6.45, 7) is 16.6. The Hall–Kier alpha value is -0.860. The van der Waals surface area contributed by atoms with Crippen molar-refractivity contribution in [1.82, 2.24) is 10.2 Å². The van der Waals surface area contributed by atoms with E-state index in [4.69, 9.17) is 0 Å². The van der Waals surface area contributed by atoms with E-state index in [1.54, 1.807) is 0 Å². The molecule has 0 spiro atoms. The lowest BCUT2D eigenvalue weighted by Crippen LogP contribution is -2.31. The summed E-state index contributed by atoms with van der Waals surface area (Å²) in [7, 11) is 0. The summed E-state index contributed by atoms with van der Waals surface area (Å²) in [5, 5.41) is 3.39. The van der Waals surface area contributed by atoms with Gasteiger partial charge in [0.1, 0.15) is 0 Å². The molecule has 0 bridgehead atoms. The van der Waals surface area contributed by atoms with E-state index in [2.05, 4.69) is 69.1 Å². The van der Waals surface area contributed by atoms with Crippen LogP contribution in [0.3, 0.4) is 0 Å². The van der Waals surface area contributed by atoms with E-state index < -0.39 is 0 Å². The summed E-state index contributed by atoms with van der Waals surface area (Å²) >= 11 is 0. The molecule has 0 aliphatic carbocycles. The number of benzene rings is 1. The van der Waals surface area contributed by atoms with Gasteiger partial charge in [0.05, 0.1) is 0 Å². The number of nitrogens with one attached hydrogen (secondary N) is 1. The Morgan fingerprint density at radius 2 is 1.68 bits per heavy atom. The smallest absolute Gasteiger partial charge is 0.0234 e. The largest absolute Gasteiger partial charge is 0.316 e. The van der Waals surface area contributed by atoms with Crippen LogP contribution < -0.4 is 5.32 Å². The molecule has 0 atom stereocenters. The average Bonchev–Trinajstić information content (AvgIpc) is 2.37. The van der Waals surface area contributed by atoms with Crippen LogP contribution in [0.2, 0.25) is 0 Å². The minimum absolute atomic E-state index is 0.244. The Labute approximate surface area is 119 Å². The van der Waals surface area contributed by atoms with Crippen LogP contribution in [-0.4, -0.2) is 31.1 Å². The minimum Gasteiger partial charge on any atom is -0.316 e. The van der Waals surface area contributed by atoms with Crippen LogP contribution in [0.5, 0.6) is 0 Å². The van der Waals surface area contributed by atoms with E-state index in [9.17, 15) is 0 Å². The number of nitrogens with zero attached hydrogens (tertiary/aromatic N) is 1. The Balaban J connectivity index is 2.55. The average molecular weight is 262 g/mol. The number of rotatable bonds is 7. The molecule has 2 heteroatoms. The quantitative estimate of drug-likeness (QED) is 0.758. The highest BCUT2D eigenvalue weighted by molar-refractivity contribution is 5.27. The van der Waals surface area contributed by atoms with Crippen LogP contribution in [0.1, 0.15) is 45.7 Å². The van der Waals surface area contributed by atoms with Gasteiger partial charge in [0.15, 0.2) is 0 Å². The number of likely N-dealkylation sites (N-methyl/N-ethyl adjacent to an activating group) is 2. The van der Waals surface area contributed by atoms with E-state index in [1.165, 1.54) is 11.1 Å². The molecule has 0 radical (unpaired) electrons. The summed E-state index contributed by atoms with van der Waals surface area (Å²) in [6, 6.07) is 9.09. The fourth-order valence-electron chi connectivity index (χ4n) is 2.13. The normalized spacial score (nSPS) is 12.1. The maximum absolute atomic E-state index is 3.39. The maximum atomic E-state index is 3.39. The van der Waals surface area contributed by atoms with Crippen LogP contribution in [0.15, 0.2) is 24.3 Å². The molecule has 1 N–H and O–H groups in total. The maximum Gasteiger partial charge on any atom is 0.0234 e. The first-order valence-corrected chi connectivity index (χ1v) is 7.49. The van der Waals surface area contributed by atoms with Crippen LogP contribution in [-0.2, 0) is 12.0 Å². The van der Waals surface area contributed by atoms with Crippen molar-refractivity contribution in [2.24, 2.45) is 0 Å². The van der Waals surface area contributed by atoms with Gasteiger partial charge in [-0.2, -0.15) is 0 Å². The van der Waals surface area contributed by atoms with Gasteiger partial charge < -0.3 is 5.32 Å². The molecule has 1 aromatic carbocycles. The third kappa shape index (κ3) is 5.75. The molecule has 0 aromatic heterocycles. The van der Waals surface area contributed by atoms with Gasteiger partial charge in [-0.05, 0) is 29.6 Å². The van der Waals surface area contributed by atoms with Gasteiger partial charge >= 0.3 is 0 Å². The molecule has 1 aromatic rings. The fourth-order valence-corrected chi connectivity index (χ4v) is 2.13. The van der Waals surface area contributed by atoms with Crippen LogP contribution in [0.4, 0.5) is 0 Å². The molecule has 0 aliphatic rings. The predicted octanol–water partition coefficient (Wildman–Crippen LogP) is 3.42. The molecule has 0 saturated heterocycles. The summed E-state index contributed by atoms with van der Waals surface area (Å²) in [5.41, 5.74) is 3.06. The molecule has 0 unspecified atom stereocenters. The molecule has 19 heavy (non-hydrogen) atoms. The van der Waals surface area contributed by atoms with Gasteiger partial charge in [-0.3, -0.25) is 4.90 Å². The first-order valence-electron chi connectivity index (χ1n) is 7.49. The molecule has 1 rings (SSSR count). The van der Waals surface area contributed by atoms with Crippen molar-refractivity contribution in [1.29, 1.82) is 0 Å². The standard InChI is InChI=1S/C17H30N2/c1-6-18-12-13-19(7-2)14-15-8-10-16(11-9-15)17(3,4)5/h8-11,18H,6-7,12-14H2,1-5H3. The second-order valence-corrected chi connectivity index (χ2v) is 6.17. The zero-order chi connectivity index (χ0) is 14.3. The van der Waals surface area contributed by atoms with Crippen molar-refractivity contribution in [3.05, 3.63) is 35.4 Å². The van der Waals surface area contributed by atoms with E-state index in [1.807, 2.05) is 0 Å². The lowest BCUT2D eigenvalue weighted by atomic mass is 9.87. The van der Waals surface area contributed by atoms with Gasteiger partial charge in [0.2, 0.25) is 0 Å². The molecule has 0 aliphatic heterocycles. The van der Waals surface area contributed by atoms with Crippen molar-refractivity contribution in [2.75, 3.05) is 26.2 Å². The zero-order valence-electron chi connectivity index (χ0n) is 13.3. The molecule has 0 amide bonds. The lowest BCUT2D eigenvalue weighted by molar-refractivity contribution is 0.280. The number of hydrogen-bond acceptors (Lipinski definition) is 2. The highest BCUT2D eigenvalue weighted by Crippen LogP contribution is 2.22. The molecule has 0 saturated carbocycles. The zero-order valence-corrected chi connectivity index (χ0v) is 13.3. The Morgan fingerprint density at radius 1 is 1.05 bits per heavy atom. The van der Waals surface area contributed by atoms with Gasteiger partial charge in [-0.25, -0.2) is 0 Å². The second kappa shape index (κ2) is 7.66. The summed E-state index contributed by atoms with van der Waals surface area (Å²) in [6.07, 6.45) is 0. The fraction of sp³-hybridized carbons (Fsp3) is 0.647. The van der Waals surface area contributed by atoms with Crippen LogP contribution in [0, 0.1) is 0 Å². The third-order valence-corrected chi connectivity index (χ3v) is 3.53. The molecular formula is C17H30N2. The Bertz CT molecular complexity index is 349. The Kier molecular flexibility index (Phi) is 6.53. The highest BCUT2D eigenvalue weighted by Gasteiger charge is 2.13. The molecule has 0 fully saturated rings. The van der Waals surface area contributed by atoms with E-state index >= 15 is 0 Å². The van der Waals surface area contributed by atoms with E-state index in [0.717, 1.165) is 32.7 Å². The lowest BCUT2D eigenvalue weighted by Gasteiger charge is -2.22. The summed E-state index contributed by atoms with van der Waals surface area (Å²) < 4.78 is 0. The van der Waals surface area contributed by atoms with Crippen molar-refractivity contribution in [3.8, 4) is 0 Å². The SMILES string of the molecule is CCNCCN(CC)Cc1ccc(C(C)(C)C)cc1. The van der Waals surface area contributed by atoms with Gasteiger partial charge in [0, 0.05) is 19.6 Å². The molecule has 0 heterocycles. The first kappa shape index (κ1) is 16.2. The van der Waals surface area contributed by atoms with Crippen molar-refractivity contribution < 1.29 is 0 Å². The predicted molar refractivity (Wildman–Crippen MR) is 84.6 cm³/mol. The van der Waals surface area contributed by atoms with Gasteiger partial charge in [-0.15, -0.1) is 0 Å². The topological polar surface area (TPSA) is 15.3 Å². The molecule has 2 nitrogen and oxygen atoms in total. The van der Waals surface area contributed by atoms with Crippen LogP contribution >= 0.6 is 0 Å². The van der Waals surface area contributed by atoms with Crippen molar-refractivity contribution >= 4 is 0 Å². The molecule has 108 valence electrons. The van der Waals surface area contributed by atoms with Crippen molar-refractivity contribution in [2.45, 2.75) is 46.6 Å².